The maximum Gasteiger partial charge on any atom is 0.369 e. The van der Waals surface area contributed by atoms with E-state index in [2.05, 4.69) is 5.16 Å². The van der Waals surface area contributed by atoms with Gasteiger partial charge in [-0.15, -0.1) is 0 Å². The summed E-state index contributed by atoms with van der Waals surface area (Å²) in [4.78, 5) is 17.5. The molecule has 0 aromatic heterocycles. The summed E-state index contributed by atoms with van der Waals surface area (Å²) in [6.45, 7) is 1.92. The normalized spacial score (nSPS) is 17.2. The van der Waals surface area contributed by atoms with E-state index in [1.54, 1.807) is 31.4 Å². The molecule has 1 aliphatic heterocycles. The maximum atomic E-state index is 12.4. The summed E-state index contributed by atoms with van der Waals surface area (Å²) in [5, 5.41) is 4.46. The third kappa shape index (κ3) is 3.75. The van der Waals surface area contributed by atoms with Crippen LogP contribution < -0.4 is 14.2 Å². The first kappa shape index (κ1) is 18.1. The monoisotopic (exact) mass is 375 g/mol. The van der Waals surface area contributed by atoms with Gasteiger partial charge in [0, 0.05) is 23.1 Å². The number of hydrogen-bond donors (Lipinski definition) is 0. The molecule has 2 aromatic rings. The van der Waals surface area contributed by atoms with Crippen molar-refractivity contribution < 1.29 is 23.8 Å². The first-order valence-corrected chi connectivity index (χ1v) is 8.36. The number of carbonyl (C=O) groups excluding carboxylic acids is 1. The standard InChI is InChI=1S/C19H18ClNO5/c1-11-8-16(14-6-5-13(23-2)10-18(14)25-11)21-26-19(22)15-9-12(20)4-7-17(15)24-3/h4-7,9-11H,8H2,1-3H3. The van der Waals surface area contributed by atoms with E-state index in [9.17, 15) is 4.79 Å². The van der Waals surface area contributed by atoms with Crippen LogP contribution in [0.2, 0.25) is 5.02 Å². The molecule has 7 heteroatoms. The van der Waals surface area contributed by atoms with E-state index in [-0.39, 0.29) is 11.7 Å². The van der Waals surface area contributed by atoms with Crippen LogP contribution in [0.5, 0.6) is 17.2 Å². The summed E-state index contributed by atoms with van der Waals surface area (Å²) >= 11 is 5.95. The number of nitrogens with zero attached hydrogens (tertiary/aromatic N) is 1. The number of hydrogen-bond acceptors (Lipinski definition) is 6. The highest BCUT2D eigenvalue weighted by molar-refractivity contribution is 6.31. The number of carbonyl (C=O) groups is 1. The minimum absolute atomic E-state index is 0.104. The van der Waals surface area contributed by atoms with Crippen LogP contribution in [-0.2, 0) is 4.84 Å². The van der Waals surface area contributed by atoms with Crippen LogP contribution in [0, 0.1) is 0 Å². The maximum absolute atomic E-state index is 12.4. The molecule has 0 aliphatic carbocycles. The molecule has 0 bridgehead atoms. The van der Waals surface area contributed by atoms with Gasteiger partial charge < -0.3 is 19.0 Å². The van der Waals surface area contributed by atoms with E-state index in [1.807, 2.05) is 13.0 Å². The minimum atomic E-state index is -0.647. The van der Waals surface area contributed by atoms with Crippen LogP contribution in [0.3, 0.4) is 0 Å². The van der Waals surface area contributed by atoms with Crippen LogP contribution in [0.15, 0.2) is 41.6 Å². The fourth-order valence-electron chi connectivity index (χ4n) is 2.68. The van der Waals surface area contributed by atoms with Crippen molar-refractivity contribution >= 4 is 23.3 Å². The molecule has 1 atom stereocenters. The Balaban J connectivity index is 1.87. The molecule has 26 heavy (non-hydrogen) atoms. The van der Waals surface area contributed by atoms with Crippen molar-refractivity contribution in [3.05, 3.63) is 52.5 Å². The van der Waals surface area contributed by atoms with Crippen molar-refractivity contribution in [2.24, 2.45) is 5.16 Å². The van der Waals surface area contributed by atoms with Crippen molar-refractivity contribution in [1.29, 1.82) is 0 Å². The largest absolute Gasteiger partial charge is 0.497 e. The van der Waals surface area contributed by atoms with Gasteiger partial charge in [0.15, 0.2) is 0 Å². The minimum Gasteiger partial charge on any atom is -0.497 e. The van der Waals surface area contributed by atoms with Gasteiger partial charge >= 0.3 is 5.97 Å². The Morgan fingerprint density at radius 1 is 1.19 bits per heavy atom. The number of fused-ring (bicyclic) bond motifs is 1. The Kier molecular flexibility index (Phi) is 5.32. The average molecular weight is 376 g/mol. The Hall–Kier alpha value is -2.73. The van der Waals surface area contributed by atoms with Gasteiger partial charge in [0.1, 0.15) is 28.9 Å². The third-order valence-electron chi connectivity index (χ3n) is 3.93. The predicted molar refractivity (Wildman–Crippen MR) is 97.7 cm³/mol. The fourth-order valence-corrected chi connectivity index (χ4v) is 2.85. The number of rotatable bonds is 4. The summed E-state index contributed by atoms with van der Waals surface area (Å²) in [7, 11) is 3.05. The number of ether oxygens (including phenoxy) is 3. The first-order chi connectivity index (χ1) is 12.5. The summed E-state index contributed by atoms with van der Waals surface area (Å²) in [5.41, 5.74) is 1.59. The van der Waals surface area contributed by atoms with Crippen LogP contribution in [0.25, 0.3) is 0 Å². The molecule has 0 saturated carbocycles. The molecule has 136 valence electrons. The number of halogens is 1. The molecule has 1 aliphatic rings. The number of methoxy groups -OCH3 is 2. The zero-order chi connectivity index (χ0) is 18.7. The van der Waals surface area contributed by atoms with E-state index in [0.29, 0.717) is 34.4 Å². The molecule has 1 heterocycles. The molecule has 0 amide bonds. The second kappa shape index (κ2) is 7.66. The summed E-state index contributed by atoms with van der Waals surface area (Å²) in [5.74, 6) is 1.03. The lowest BCUT2D eigenvalue weighted by Crippen LogP contribution is -2.25. The van der Waals surface area contributed by atoms with Crippen molar-refractivity contribution in [3.63, 3.8) is 0 Å². The van der Waals surface area contributed by atoms with Gasteiger partial charge in [0.25, 0.3) is 0 Å². The molecular weight excluding hydrogens is 358 g/mol. The molecule has 0 N–H and O–H groups in total. The zero-order valence-electron chi connectivity index (χ0n) is 14.6. The summed E-state index contributed by atoms with van der Waals surface area (Å²) in [6.07, 6.45) is 0.409. The molecular formula is C19H18ClNO5. The Morgan fingerprint density at radius 3 is 2.73 bits per heavy atom. The van der Waals surface area contributed by atoms with E-state index in [1.165, 1.54) is 13.2 Å². The van der Waals surface area contributed by atoms with E-state index < -0.39 is 5.97 Å². The van der Waals surface area contributed by atoms with E-state index in [0.717, 1.165) is 5.56 Å². The lowest BCUT2D eigenvalue weighted by molar-refractivity contribution is 0.0509. The van der Waals surface area contributed by atoms with Gasteiger partial charge in [-0.3, -0.25) is 0 Å². The van der Waals surface area contributed by atoms with Crippen LogP contribution in [0.4, 0.5) is 0 Å². The predicted octanol–water partition coefficient (Wildman–Crippen LogP) is 4.09. The van der Waals surface area contributed by atoms with Gasteiger partial charge in [-0.25, -0.2) is 4.79 Å². The lowest BCUT2D eigenvalue weighted by atomic mass is 10.0. The van der Waals surface area contributed by atoms with Crippen LogP contribution in [0.1, 0.15) is 29.3 Å². The molecule has 0 saturated heterocycles. The molecule has 1 unspecified atom stereocenters. The second-order valence-electron chi connectivity index (χ2n) is 5.76. The highest BCUT2D eigenvalue weighted by atomic mass is 35.5. The van der Waals surface area contributed by atoms with Gasteiger partial charge in [0.2, 0.25) is 0 Å². The molecule has 2 aromatic carbocycles. The third-order valence-corrected chi connectivity index (χ3v) is 4.16. The van der Waals surface area contributed by atoms with Crippen LogP contribution >= 0.6 is 11.6 Å². The highest BCUT2D eigenvalue weighted by Gasteiger charge is 2.24. The van der Waals surface area contributed by atoms with Gasteiger partial charge in [0.05, 0.1) is 19.9 Å². The second-order valence-corrected chi connectivity index (χ2v) is 6.19. The van der Waals surface area contributed by atoms with Crippen molar-refractivity contribution in [2.45, 2.75) is 19.4 Å². The SMILES string of the molecule is COc1ccc2c(c1)OC(C)CC2=NOC(=O)c1cc(Cl)ccc1OC. The first-order valence-electron chi connectivity index (χ1n) is 7.98. The van der Waals surface area contributed by atoms with E-state index in [4.69, 9.17) is 30.6 Å². The smallest absolute Gasteiger partial charge is 0.369 e. The van der Waals surface area contributed by atoms with Gasteiger partial charge in [-0.2, -0.15) is 0 Å². The molecule has 3 rings (SSSR count). The van der Waals surface area contributed by atoms with Crippen molar-refractivity contribution in [1.82, 2.24) is 0 Å². The number of oxime groups is 1. The van der Waals surface area contributed by atoms with Gasteiger partial charge in [-0.05, 0) is 37.3 Å². The average Bonchev–Trinajstić information content (AvgIpc) is 2.65. The summed E-state index contributed by atoms with van der Waals surface area (Å²) < 4.78 is 16.2. The van der Waals surface area contributed by atoms with E-state index >= 15 is 0 Å². The molecule has 0 fully saturated rings. The Morgan fingerprint density at radius 2 is 2.00 bits per heavy atom. The van der Waals surface area contributed by atoms with Crippen molar-refractivity contribution in [2.75, 3.05) is 14.2 Å². The quantitative estimate of drug-likeness (QED) is 0.594. The summed E-state index contributed by atoms with van der Waals surface area (Å²) in [6, 6.07) is 10.1. The zero-order valence-corrected chi connectivity index (χ0v) is 15.4. The van der Waals surface area contributed by atoms with Gasteiger partial charge in [-0.1, -0.05) is 16.8 Å². The fraction of sp³-hybridized carbons (Fsp3) is 0.263. The molecule has 0 spiro atoms. The molecule has 6 nitrogen and oxygen atoms in total. The lowest BCUT2D eigenvalue weighted by Gasteiger charge is -2.24. The Bertz CT molecular complexity index is 865. The highest BCUT2D eigenvalue weighted by Crippen LogP contribution is 2.32. The van der Waals surface area contributed by atoms with Crippen molar-refractivity contribution in [3.8, 4) is 17.2 Å². The number of benzene rings is 2. The Labute approximate surface area is 156 Å². The topological polar surface area (TPSA) is 66.3 Å². The van der Waals surface area contributed by atoms with Crippen LogP contribution in [-0.4, -0.2) is 32.0 Å². The molecule has 0 radical (unpaired) electrons.